The Morgan fingerprint density at radius 2 is 2.60 bits per heavy atom. The van der Waals surface area contributed by atoms with E-state index in [1.165, 1.54) is 6.20 Å². The van der Waals surface area contributed by atoms with Crippen molar-refractivity contribution in [1.29, 1.82) is 0 Å². The van der Waals surface area contributed by atoms with Gasteiger partial charge in [-0.15, -0.1) is 0 Å². The summed E-state index contributed by atoms with van der Waals surface area (Å²) in [7, 11) is 0. The lowest BCUT2D eigenvalue weighted by Crippen LogP contribution is -2.34. The highest BCUT2D eigenvalue weighted by molar-refractivity contribution is 5.92. The topological polar surface area (TPSA) is 87.9 Å². The molecule has 2 rings (SSSR count). The van der Waals surface area contributed by atoms with Crippen LogP contribution in [0, 0.1) is 5.92 Å². The van der Waals surface area contributed by atoms with E-state index in [2.05, 4.69) is 15.4 Å². The average Bonchev–Trinajstić information content (AvgIpc) is 2.85. The number of hydrogen-bond donors (Lipinski definition) is 2. The molecule has 0 aromatic carbocycles. The summed E-state index contributed by atoms with van der Waals surface area (Å²) < 4.78 is 0. The first-order valence-electron chi connectivity index (χ1n) is 5.09. The normalized spacial score (nSPS) is 25.9. The average molecular weight is 209 g/mol. The molecule has 1 fully saturated rings. The maximum Gasteiger partial charge on any atom is 0.276 e. The Morgan fingerprint density at radius 1 is 1.80 bits per heavy atom. The van der Waals surface area contributed by atoms with Crippen LogP contribution in [0.2, 0.25) is 0 Å². The van der Waals surface area contributed by atoms with Crippen molar-refractivity contribution >= 4 is 5.91 Å². The molecule has 0 radical (unpaired) electrons. The van der Waals surface area contributed by atoms with Crippen LogP contribution in [0.25, 0.3) is 0 Å². The number of rotatable bonds is 2. The van der Waals surface area contributed by atoms with Gasteiger partial charge in [-0.05, 0) is 25.8 Å². The second-order valence-electron chi connectivity index (χ2n) is 4.00. The van der Waals surface area contributed by atoms with E-state index in [0.717, 1.165) is 13.0 Å². The molecular formula is C9H15N5O. The van der Waals surface area contributed by atoms with Crippen molar-refractivity contribution in [2.24, 2.45) is 11.7 Å². The quantitative estimate of drug-likeness (QED) is 0.694. The SMILES string of the molecule is CC1CC(CN)CN1C(=O)c1cn[nH]n1. The third kappa shape index (κ3) is 1.85. The highest BCUT2D eigenvalue weighted by Gasteiger charge is 2.32. The Balaban J connectivity index is 2.09. The second kappa shape index (κ2) is 3.98. The minimum Gasteiger partial charge on any atom is -0.334 e. The number of carbonyl (C=O) groups is 1. The summed E-state index contributed by atoms with van der Waals surface area (Å²) in [4.78, 5) is 13.8. The number of hydrogen-bond acceptors (Lipinski definition) is 4. The predicted octanol–water partition coefficient (Wildman–Crippen LogP) is -0.386. The van der Waals surface area contributed by atoms with Gasteiger partial charge in [-0.1, -0.05) is 0 Å². The van der Waals surface area contributed by atoms with Gasteiger partial charge in [0, 0.05) is 12.6 Å². The number of amides is 1. The number of nitrogens with one attached hydrogen (secondary N) is 1. The van der Waals surface area contributed by atoms with Crippen LogP contribution >= 0.6 is 0 Å². The molecule has 1 aromatic rings. The Bertz CT molecular complexity index is 336. The Kier molecular flexibility index (Phi) is 2.68. The minimum absolute atomic E-state index is 0.0628. The van der Waals surface area contributed by atoms with Gasteiger partial charge in [0.2, 0.25) is 0 Å². The van der Waals surface area contributed by atoms with E-state index in [4.69, 9.17) is 5.73 Å². The molecule has 1 aliphatic rings. The fourth-order valence-corrected chi connectivity index (χ4v) is 2.05. The van der Waals surface area contributed by atoms with Crippen LogP contribution in [-0.4, -0.2) is 45.3 Å². The fourth-order valence-electron chi connectivity index (χ4n) is 2.05. The van der Waals surface area contributed by atoms with Gasteiger partial charge in [0.05, 0.1) is 6.20 Å². The molecule has 1 aliphatic heterocycles. The maximum atomic E-state index is 11.9. The van der Waals surface area contributed by atoms with Gasteiger partial charge in [-0.3, -0.25) is 4.79 Å². The molecule has 0 bridgehead atoms. The minimum atomic E-state index is -0.0628. The van der Waals surface area contributed by atoms with E-state index in [9.17, 15) is 4.79 Å². The summed E-state index contributed by atoms with van der Waals surface area (Å²) in [5.41, 5.74) is 5.98. The van der Waals surface area contributed by atoms with Crippen molar-refractivity contribution in [1.82, 2.24) is 20.3 Å². The third-order valence-electron chi connectivity index (χ3n) is 2.89. The van der Waals surface area contributed by atoms with Gasteiger partial charge in [-0.25, -0.2) is 0 Å². The van der Waals surface area contributed by atoms with Crippen LogP contribution in [0.5, 0.6) is 0 Å². The predicted molar refractivity (Wildman–Crippen MR) is 54.0 cm³/mol. The zero-order chi connectivity index (χ0) is 10.8. The number of nitrogens with zero attached hydrogens (tertiary/aromatic N) is 3. The molecule has 1 saturated heterocycles. The molecule has 6 nitrogen and oxygen atoms in total. The van der Waals surface area contributed by atoms with Crippen molar-refractivity contribution in [3.05, 3.63) is 11.9 Å². The molecule has 1 aromatic heterocycles. The highest BCUT2D eigenvalue weighted by atomic mass is 16.2. The first kappa shape index (κ1) is 10.1. The number of H-pyrrole nitrogens is 1. The van der Waals surface area contributed by atoms with E-state index in [-0.39, 0.29) is 11.9 Å². The first-order valence-corrected chi connectivity index (χ1v) is 5.09. The molecule has 0 aliphatic carbocycles. The Labute approximate surface area is 87.8 Å². The number of likely N-dealkylation sites (tertiary alicyclic amines) is 1. The summed E-state index contributed by atoms with van der Waals surface area (Å²) in [5.74, 6) is 0.350. The van der Waals surface area contributed by atoms with Crippen LogP contribution in [0.3, 0.4) is 0 Å². The van der Waals surface area contributed by atoms with Gasteiger partial charge in [0.25, 0.3) is 5.91 Å². The van der Waals surface area contributed by atoms with E-state index in [1.54, 1.807) is 0 Å². The summed E-state index contributed by atoms with van der Waals surface area (Å²) in [6.07, 6.45) is 2.42. The zero-order valence-electron chi connectivity index (χ0n) is 8.68. The Morgan fingerprint density at radius 3 is 3.13 bits per heavy atom. The molecule has 2 atom stereocenters. The third-order valence-corrected chi connectivity index (χ3v) is 2.89. The number of nitrogens with two attached hydrogens (primary N) is 1. The summed E-state index contributed by atoms with van der Waals surface area (Å²) in [6.45, 7) is 3.39. The largest absolute Gasteiger partial charge is 0.334 e. The lowest BCUT2D eigenvalue weighted by Gasteiger charge is -2.19. The van der Waals surface area contributed by atoms with Gasteiger partial charge in [-0.2, -0.15) is 15.4 Å². The summed E-state index contributed by atoms with van der Waals surface area (Å²) in [6, 6.07) is 0.239. The highest BCUT2D eigenvalue weighted by Crippen LogP contribution is 2.23. The molecule has 0 saturated carbocycles. The number of aromatic nitrogens is 3. The van der Waals surface area contributed by atoms with Crippen molar-refractivity contribution in [3.63, 3.8) is 0 Å². The van der Waals surface area contributed by atoms with Gasteiger partial charge in [0.15, 0.2) is 5.69 Å². The number of aromatic amines is 1. The molecular weight excluding hydrogens is 194 g/mol. The fraction of sp³-hybridized carbons (Fsp3) is 0.667. The van der Waals surface area contributed by atoms with Crippen molar-refractivity contribution in [2.75, 3.05) is 13.1 Å². The molecule has 0 spiro atoms. The van der Waals surface area contributed by atoms with Crippen LogP contribution in [-0.2, 0) is 0 Å². The smallest absolute Gasteiger partial charge is 0.276 e. The molecule has 2 unspecified atom stereocenters. The van der Waals surface area contributed by atoms with Crippen molar-refractivity contribution in [3.8, 4) is 0 Å². The van der Waals surface area contributed by atoms with E-state index in [0.29, 0.717) is 18.2 Å². The molecule has 3 N–H and O–H groups in total. The van der Waals surface area contributed by atoms with Crippen molar-refractivity contribution in [2.45, 2.75) is 19.4 Å². The van der Waals surface area contributed by atoms with Crippen LogP contribution in [0.1, 0.15) is 23.8 Å². The van der Waals surface area contributed by atoms with Crippen molar-refractivity contribution < 1.29 is 4.79 Å². The second-order valence-corrected chi connectivity index (χ2v) is 4.00. The summed E-state index contributed by atoms with van der Waals surface area (Å²) >= 11 is 0. The maximum absolute atomic E-state index is 11.9. The molecule has 82 valence electrons. The molecule has 6 heteroatoms. The van der Waals surface area contributed by atoms with Gasteiger partial charge in [0.1, 0.15) is 0 Å². The van der Waals surface area contributed by atoms with E-state index in [1.807, 2.05) is 11.8 Å². The molecule has 15 heavy (non-hydrogen) atoms. The van der Waals surface area contributed by atoms with E-state index >= 15 is 0 Å². The Hall–Kier alpha value is -1.43. The van der Waals surface area contributed by atoms with E-state index < -0.39 is 0 Å². The monoisotopic (exact) mass is 209 g/mol. The van der Waals surface area contributed by atoms with Crippen LogP contribution < -0.4 is 5.73 Å². The van der Waals surface area contributed by atoms with Gasteiger partial charge >= 0.3 is 0 Å². The van der Waals surface area contributed by atoms with Crippen LogP contribution in [0.15, 0.2) is 6.20 Å². The molecule has 1 amide bonds. The lowest BCUT2D eigenvalue weighted by atomic mass is 10.1. The standard InChI is InChI=1S/C9H15N5O/c1-6-2-7(3-10)5-14(6)9(15)8-4-11-13-12-8/h4,6-7H,2-3,5,10H2,1H3,(H,11,12,13). The summed E-state index contributed by atoms with van der Waals surface area (Å²) in [5, 5.41) is 9.86. The lowest BCUT2D eigenvalue weighted by molar-refractivity contribution is 0.0737. The van der Waals surface area contributed by atoms with Crippen LogP contribution in [0.4, 0.5) is 0 Å². The zero-order valence-corrected chi connectivity index (χ0v) is 8.68. The first-order chi connectivity index (χ1) is 7.22. The van der Waals surface area contributed by atoms with Gasteiger partial charge < -0.3 is 10.6 Å². The number of carbonyl (C=O) groups excluding carboxylic acids is 1. The molecule has 2 heterocycles.